The summed E-state index contributed by atoms with van der Waals surface area (Å²) in [5.74, 6) is -4.20. The molecule has 0 saturated heterocycles. The van der Waals surface area contributed by atoms with Crippen molar-refractivity contribution in [3.8, 4) is 0 Å². The van der Waals surface area contributed by atoms with Crippen molar-refractivity contribution in [3.05, 3.63) is 108 Å². The summed E-state index contributed by atoms with van der Waals surface area (Å²) >= 11 is 0. The van der Waals surface area contributed by atoms with Gasteiger partial charge in [-0.25, -0.2) is 19.2 Å². The van der Waals surface area contributed by atoms with E-state index in [0.717, 1.165) is 12.5 Å². The Bertz CT molecular complexity index is 1200. The van der Waals surface area contributed by atoms with Gasteiger partial charge in [0, 0.05) is 6.04 Å². The summed E-state index contributed by atoms with van der Waals surface area (Å²) in [5.41, 5.74) is 11.9. The number of carboxylic acid groups (broad SMARTS) is 1. The number of rotatable bonds is 11. The molecule has 0 unspecified atom stereocenters. The molecule has 0 radical (unpaired) electrons. The van der Waals surface area contributed by atoms with Crippen LogP contribution in [0.15, 0.2) is 91.0 Å². The monoisotopic (exact) mass is 550 g/mol. The van der Waals surface area contributed by atoms with E-state index in [-0.39, 0.29) is 23.8 Å². The van der Waals surface area contributed by atoms with Crippen LogP contribution in [-0.2, 0) is 30.2 Å². The Labute approximate surface area is 230 Å². The van der Waals surface area contributed by atoms with Gasteiger partial charge in [0.05, 0.1) is 11.1 Å². The lowest BCUT2D eigenvalue weighted by Crippen LogP contribution is -2.45. The second-order valence-corrected chi connectivity index (χ2v) is 8.41. The van der Waals surface area contributed by atoms with Gasteiger partial charge in [-0.05, 0) is 43.2 Å². The van der Waals surface area contributed by atoms with Crippen molar-refractivity contribution in [3.63, 3.8) is 0 Å². The van der Waals surface area contributed by atoms with E-state index in [1.54, 1.807) is 36.4 Å². The summed E-state index contributed by atoms with van der Waals surface area (Å²) in [5, 5.41) is 9.35. The van der Waals surface area contributed by atoms with E-state index in [1.807, 2.05) is 30.3 Å². The Morgan fingerprint density at radius 2 is 1.15 bits per heavy atom. The van der Waals surface area contributed by atoms with Crippen LogP contribution in [0.4, 0.5) is 4.79 Å². The van der Waals surface area contributed by atoms with Crippen molar-refractivity contribution < 1.29 is 43.3 Å². The van der Waals surface area contributed by atoms with Crippen molar-refractivity contribution in [2.45, 2.75) is 31.6 Å². The Kier molecular flexibility index (Phi) is 12.5. The minimum atomic E-state index is -1.96. The fourth-order valence-corrected chi connectivity index (χ4v) is 3.28. The van der Waals surface area contributed by atoms with Gasteiger partial charge in [0.25, 0.3) is 0 Å². The van der Waals surface area contributed by atoms with Gasteiger partial charge in [0.2, 0.25) is 12.2 Å². The smallest absolute Gasteiger partial charge is 0.404 e. The molecule has 0 aliphatic rings. The maximum absolute atomic E-state index is 12.1. The number of Topliss-reactive ketones (excluding diaryl/α,β-unsaturated/α-hetero) is 1. The van der Waals surface area contributed by atoms with Crippen LogP contribution in [-0.4, -0.2) is 59.7 Å². The predicted octanol–water partition coefficient (Wildman–Crippen LogP) is 2.76. The number of carboxylic acids is 1. The molecular weight excluding hydrogens is 520 g/mol. The van der Waals surface area contributed by atoms with Gasteiger partial charge in [0.15, 0.2) is 5.78 Å². The van der Waals surface area contributed by atoms with E-state index >= 15 is 0 Å². The highest BCUT2D eigenvalue weighted by Gasteiger charge is 2.38. The summed E-state index contributed by atoms with van der Waals surface area (Å²) in [6, 6.07) is 25.0. The van der Waals surface area contributed by atoms with E-state index < -0.39 is 42.0 Å². The largest absolute Gasteiger partial charge is 0.478 e. The molecule has 0 aromatic heterocycles. The lowest BCUT2D eigenvalue weighted by molar-refractivity contribution is -0.158. The standard InChI is InChI=1S/C19H16O7.C10H14N2O2/c1-12(20)15(25-18(23)13-8-4-2-5-9-13)16(17(21)22)26-19(24)14-10-6-3-7-11-14;11-9(7-14-10(12)13)6-8-4-2-1-3-5-8/h2-11,15-16H,1H3,(H,21,22);1-5,9H,6-7,11H2,(H2,12,13)/t15-,16+;9-/m11/s1. The predicted molar refractivity (Wildman–Crippen MR) is 143 cm³/mol. The van der Waals surface area contributed by atoms with E-state index in [1.165, 1.54) is 24.3 Å². The third-order valence-electron chi connectivity index (χ3n) is 5.19. The van der Waals surface area contributed by atoms with E-state index in [0.29, 0.717) is 6.42 Å². The van der Waals surface area contributed by atoms with E-state index in [2.05, 4.69) is 4.74 Å². The maximum atomic E-state index is 12.1. The van der Waals surface area contributed by atoms with Crippen LogP contribution >= 0.6 is 0 Å². The number of primary amides is 1. The third-order valence-corrected chi connectivity index (χ3v) is 5.19. The van der Waals surface area contributed by atoms with E-state index in [4.69, 9.17) is 20.9 Å². The Balaban J connectivity index is 0.000000337. The number of benzene rings is 3. The zero-order valence-electron chi connectivity index (χ0n) is 21.7. The number of nitrogens with two attached hydrogens (primary N) is 2. The molecule has 0 heterocycles. The molecule has 0 saturated carbocycles. The number of ketones is 1. The molecule has 3 atom stereocenters. The maximum Gasteiger partial charge on any atom is 0.404 e. The molecule has 5 N–H and O–H groups in total. The van der Waals surface area contributed by atoms with Gasteiger partial charge in [-0.2, -0.15) is 0 Å². The zero-order valence-corrected chi connectivity index (χ0v) is 21.7. The van der Waals surface area contributed by atoms with Gasteiger partial charge in [-0.15, -0.1) is 0 Å². The third kappa shape index (κ3) is 10.8. The average Bonchev–Trinajstić information content (AvgIpc) is 2.95. The molecule has 3 aromatic rings. The number of carbonyl (C=O) groups is 5. The SMILES string of the molecule is CC(=O)[C@@H](OC(=O)c1ccccc1)[C@H](OC(=O)c1ccccc1)C(=O)O.NC(=O)OC[C@H](N)Cc1ccccc1. The molecule has 3 rings (SSSR count). The second-order valence-electron chi connectivity index (χ2n) is 8.41. The average molecular weight is 551 g/mol. The number of carbonyl (C=O) groups excluding carboxylic acids is 4. The lowest BCUT2D eigenvalue weighted by atomic mass is 10.1. The Hall–Kier alpha value is -5.03. The number of esters is 2. The van der Waals surface area contributed by atoms with Crippen LogP contribution in [0.3, 0.4) is 0 Å². The van der Waals surface area contributed by atoms with Crippen LogP contribution in [0.2, 0.25) is 0 Å². The highest BCUT2D eigenvalue weighted by Crippen LogP contribution is 2.14. The van der Waals surface area contributed by atoms with Crippen molar-refractivity contribution >= 4 is 29.8 Å². The molecule has 11 nitrogen and oxygen atoms in total. The molecule has 0 aliphatic carbocycles. The first kappa shape index (κ1) is 31.2. The van der Waals surface area contributed by atoms with Crippen LogP contribution in [0.25, 0.3) is 0 Å². The Morgan fingerprint density at radius 1 is 0.725 bits per heavy atom. The zero-order chi connectivity index (χ0) is 29.5. The molecule has 11 heteroatoms. The summed E-state index contributed by atoms with van der Waals surface area (Å²) in [4.78, 5) is 57.9. The number of amides is 1. The van der Waals surface area contributed by atoms with Crippen LogP contribution in [0, 0.1) is 0 Å². The topological polar surface area (TPSA) is 185 Å². The van der Waals surface area contributed by atoms with E-state index in [9.17, 15) is 29.1 Å². The molecule has 210 valence electrons. The highest BCUT2D eigenvalue weighted by molar-refractivity contribution is 5.96. The summed E-state index contributed by atoms with van der Waals surface area (Å²) < 4.78 is 14.5. The molecule has 0 bridgehead atoms. The number of hydrogen-bond acceptors (Lipinski definition) is 9. The van der Waals surface area contributed by atoms with Gasteiger partial charge in [0.1, 0.15) is 6.61 Å². The van der Waals surface area contributed by atoms with Crippen LogP contribution in [0.5, 0.6) is 0 Å². The van der Waals surface area contributed by atoms with Crippen LogP contribution in [0.1, 0.15) is 33.2 Å². The first-order valence-corrected chi connectivity index (χ1v) is 12.1. The second kappa shape index (κ2) is 16.0. The quantitative estimate of drug-likeness (QED) is 0.237. The van der Waals surface area contributed by atoms with Crippen molar-refractivity contribution in [2.24, 2.45) is 11.5 Å². The molecule has 0 spiro atoms. The molecule has 1 amide bonds. The van der Waals surface area contributed by atoms with Gasteiger partial charge in [-0.1, -0.05) is 66.7 Å². The lowest BCUT2D eigenvalue weighted by Gasteiger charge is -2.22. The number of hydrogen-bond donors (Lipinski definition) is 3. The van der Waals surface area contributed by atoms with Crippen molar-refractivity contribution in [2.75, 3.05) is 6.61 Å². The Morgan fingerprint density at radius 3 is 1.55 bits per heavy atom. The van der Waals surface area contributed by atoms with Gasteiger partial charge in [-0.3, -0.25) is 4.79 Å². The first-order chi connectivity index (χ1) is 19.1. The van der Waals surface area contributed by atoms with Gasteiger partial charge >= 0.3 is 24.0 Å². The number of aliphatic carboxylic acids is 1. The molecule has 40 heavy (non-hydrogen) atoms. The fourth-order valence-electron chi connectivity index (χ4n) is 3.28. The highest BCUT2D eigenvalue weighted by atomic mass is 16.6. The van der Waals surface area contributed by atoms with Crippen molar-refractivity contribution in [1.29, 1.82) is 0 Å². The van der Waals surface area contributed by atoms with Crippen molar-refractivity contribution in [1.82, 2.24) is 0 Å². The molecule has 0 aliphatic heterocycles. The van der Waals surface area contributed by atoms with Crippen LogP contribution < -0.4 is 11.5 Å². The fraction of sp³-hybridized carbons (Fsp3) is 0.207. The summed E-state index contributed by atoms with van der Waals surface area (Å²) in [6.07, 6.45) is -3.84. The molecular formula is C29H30N2O9. The molecule has 0 fully saturated rings. The first-order valence-electron chi connectivity index (χ1n) is 12.1. The van der Waals surface area contributed by atoms with Gasteiger partial charge < -0.3 is 30.8 Å². The minimum Gasteiger partial charge on any atom is -0.478 e. The number of ether oxygens (including phenoxy) is 3. The minimum absolute atomic E-state index is 0.107. The molecule has 3 aromatic carbocycles. The normalized spacial score (nSPS) is 12.3. The summed E-state index contributed by atoms with van der Waals surface area (Å²) in [6.45, 7) is 1.21. The summed E-state index contributed by atoms with van der Waals surface area (Å²) in [7, 11) is 0.